The number of anilines is 1. The summed E-state index contributed by atoms with van der Waals surface area (Å²) >= 11 is 12.1. The van der Waals surface area contributed by atoms with E-state index in [4.69, 9.17) is 51.2 Å². The van der Waals surface area contributed by atoms with E-state index in [9.17, 15) is 4.79 Å². The molecule has 12 nitrogen and oxygen atoms in total. The standard InChI is InChI=1S/C30H31ClN5O7PS/c1-2-18-10-12-19(13-11-18)29(37)35-27-24-28(33-16-32-27)36(17-34-24)30-26(41-23-9-5-6-14-38-23)25-22(40-30)15-39-44(45,43-25)42-21-8-4-3-7-20(21)31/h3-4,7-8,10-13,16-17,22-23,25-26,30H,2,5-6,9,14-15H2,1H3,(H,32,33,35,37)/t22-,23?,25?,26?,30-,44?/m1/s1. The third-order valence-electron chi connectivity index (χ3n) is 7.92. The van der Waals surface area contributed by atoms with Gasteiger partial charge in [-0.15, -0.1) is 0 Å². The SMILES string of the molecule is CCc1ccc(C(=O)Nc2ncnc3c2ncn3[C@@H]2O[C@@H]3COP(=S)(Oc4ccccc4Cl)OC3C2OC2CCCCO2)cc1. The molecule has 15 heteroatoms. The maximum absolute atomic E-state index is 13.1. The number of benzene rings is 2. The molecule has 2 aromatic heterocycles. The number of nitrogens with zero attached hydrogens (tertiary/aromatic N) is 4. The van der Waals surface area contributed by atoms with Gasteiger partial charge in [0.05, 0.1) is 18.0 Å². The molecule has 3 saturated heterocycles. The van der Waals surface area contributed by atoms with Crippen LogP contribution in [0.3, 0.4) is 0 Å². The highest BCUT2D eigenvalue weighted by atomic mass is 35.5. The molecule has 4 unspecified atom stereocenters. The molecule has 0 bridgehead atoms. The van der Waals surface area contributed by atoms with Crippen LogP contribution in [0.1, 0.15) is 48.3 Å². The Bertz CT molecular complexity index is 1740. The summed E-state index contributed by atoms with van der Waals surface area (Å²) in [6.07, 6.45) is 3.46. The summed E-state index contributed by atoms with van der Waals surface area (Å²) < 4.78 is 39.1. The van der Waals surface area contributed by atoms with E-state index in [1.165, 1.54) is 6.33 Å². The molecule has 0 radical (unpaired) electrons. The highest BCUT2D eigenvalue weighted by Crippen LogP contribution is 2.58. The number of carbonyl (C=O) groups excluding carboxylic acids is 1. The topological polar surface area (TPSA) is 128 Å². The molecule has 3 fully saturated rings. The number of aromatic nitrogens is 4. The lowest BCUT2D eigenvalue weighted by molar-refractivity contribution is -0.213. The number of aryl methyl sites for hydroxylation is 1. The van der Waals surface area contributed by atoms with Crippen molar-refractivity contribution >= 4 is 53.0 Å². The zero-order chi connectivity index (χ0) is 31.0. The molecule has 6 atom stereocenters. The average Bonchev–Trinajstić information content (AvgIpc) is 3.64. The van der Waals surface area contributed by atoms with Crippen LogP contribution >= 0.6 is 18.3 Å². The average molecular weight is 672 g/mol. The quantitative estimate of drug-likeness (QED) is 0.228. The van der Waals surface area contributed by atoms with Gasteiger partial charge < -0.3 is 24.1 Å². The molecule has 3 aliphatic heterocycles. The van der Waals surface area contributed by atoms with Crippen LogP contribution in [0.15, 0.2) is 61.2 Å². The number of rotatable bonds is 8. The van der Waals surface area contributed by atoms with Crippen LogP contribution in [-0.4, -0.2) is 63.2 Å². The first kappa shape index (κ1) is 30.6. The Morgan fingerprint density at radius 2 is 2.00 bits per heavy atom. The number of hydrogen-bond acceptors (Lipinski definition) is 11. The molecule has 7 rings (SSSR count). The van der Waals surface area contributed by atoms with E-state index in [2.05, 4.69) is 27.2 Å². The van der Waals surface area contributed by atoms with Crippen LogP contribution in [0.2, 0.25) is 5.02 Å². The fourth-order valence-electron chi connectivity index (χ4n) is 5.56. The number of para-hydroxylation sites is 1. The molecule has 5 heterocycles. The van der Waals surface area contributed by atoms with Gasteiger partial charge in [-0.05, 0) is 55.5 Å². The minimum atomic E-state index is -3.28. The van der Waals surface area contributed by atoms with Crippen LogP contribution in [0.4, 0.5) is 5.82 Å². The molecule has 1 amide bonds. The van der Waals surface area contributed by atoms with Crippen molar-refractivity contribution in [1.82, 2.24) is 19.5 Å². The minimum absolute atomic E-state index is 0.119. The maximum atomic E-state index is 13.1. The van der Waals surface area contributed by atoms with E-state index in [0.29, 0.717) is 34.1 Å². The smallest absolute Gasteiger partial charge is 0.381 e. The van der Waals surface area contributed by atoms with E-state index in [-0.39, 0.29) is 18.3 Å². The Hall–Kier alpha value is -3.00. The Balaban J connectivity index is 1.17. The van der Waals surface area contributed by atoms with Gasteiger partial charge >= 0.3 is 6.72 Å². The van der Waals surface area contributed by atoms with Crippen molar-refractivity contribution in [3.8, 4) is 5.75 Å². The molecule has 236 valence electrons. The van der Waals surface area contributed by atoms with Gasteiger partial charge in [0.15, 0.2) is 29.5 Å². The van der Waals surface area contributed by atoms with Gasteiger partial charge in [-0.3, -0.25) is 18.4 Å². The monoisotopic (exact) mass is 671 g/mol. The lowest BCUT2D eigenvalue weighted by Gasteiger charge is -2.36. The third-order valence-corrected chi connectivity index (χ3v) is 10.4. The van der Waals surface area contributed by atoms with E-state index in [0.717, 1.165) is 31.2 Å². The van der Waals surface area contributed by atoms with Gasteiger partial charge in [-0.1, -0.05) is 42.8 Å². The zero-order valence-corrected chi connectivity index (χ0v) is 26.7. The van der Waals surface area contributed by atoms with Gasteiger partial charge in [-0.25, -0.2) is 15.0 Å². The van der Waals surface area contributed by atoms with E-state index in [1.807, 2.05) is 12.1 Å². The molecule has 45 heavy (non-hydrogen) atoms. The molecule has 1 N–H and O–H groups in total. The van der Waals surface area contributed by atoms with E-state index >= 15 is 0 Å². The van der Waals surface area contributed by atoms with Crippen molar-refractivity contribution in [2.45, 2.75) is 63.4 Å². The molecule has 4 aromatic rings. The first-order valence-electron chi connectivity index (χ1n) is 14.8. The molecular weight excluding hydrogens is 641 g/mol. The predicted octanol–water partition coefficient (Wildman–Crippen LogP) is 5.82. The summed E-state index contributed by atoms with van der Waals surface area (Å²) in [6.45, 7) is -0.504. The Morgan fingerprint density at radius 1 is 1.16 bits per heavy atom. The Morgan fingerprint density at radius 3 is 2.78 bits per heavy atom. The second kappa shape index (κ2) is 13.0. The molecule has 0 aliphatic carbocycles. The summed E-state index contributed by atoms with van der Waals surface area (Å²) in [7, 11) is 0. The van der Waals surface area contributed by atoms with Gasteiger partial charge in [0.25, 0.3) is 5.91 Å². The van der Waals surface area contributed by atoms with Gasteiger partial charge in [-0.2, -0.15) is 0 Å². The van der Waals surface area contributed by atoms with Crippen molar-refractivity contribution < 1.29 is 32.6 Å². The summed E-state index contributed by atoms with van der Waals surface area (Å²) in [5, 5.41) is 3.26. The fourth-order valence-corrected chi connectivity index (χ4v) is 7.95. The van der Waals surface area contributed by atoms with Crippen LogP contribution in [0.25, 0.3) is 11.2 Å². The minimum Gasteiger partial charge on any atom is -0.423 e. The number of imidazole rings is 1. The fraction of sp³-hybridized carbons (Fsp3) is 0.400. The van der Waals surface area contributed by atoms with Crippen LogP contribution in [0, 0.1) is 0 Å². The van der Waals surface area contributed by atoms with Crippen molar-refractivity contribution in [3.63, 3.8) is 0 Å². The Labute approximate surface area is 269 Å². The van der Waals surface area contributed by atoms with Crippen molar-refractivity contribution in [2.75, 3.05) is 18.5 Å². The van der Waals surface area contributed by atoms with Crippen molar-refractivity contribution in [1.29, 1.82) is 0 Å². The maximum Gasteiger partial charge on any atom is 0.381 e. The lowest BCUT2D eigenvalue weighted by atomic mass is 10.1. The van der Waals surface area contributed by atoms with Gasteiger partial charge in [0.1, 0.15) is 30.4 Å². The Kier molecular flexibility index (Phi) is 8.86. The first-order chi connectivity index (χ1) is 21.9. The van der Waals surface area contributed by atoms with Crippen LogP contribution < -0.4 is 9.84 Å². The molecule has 2 aromatic carbocycles. The number of carbonyl (C=O) groups is 1. The number of ether oxygens (including phenoxy) is 3. The highest BCUT2D eigenvalue weighted by Gasteiger charge is 2.54. The molecular formula is C30H31ClN5O7PS. The normalized spacial score (nSPS) is 28.1. The number of fused-ring (bicyclic) bond motifs is 2. The molecule has 0 spiro atoms. The first-order valence-corrected chi connectivity index (χ1v) is 17.7. The highest BCUT2D eigenvalue weighted by molar-refractivity contribution is 8.07. The number of amides is 1. The van der Waals surface area contributed by atoms with E-state index < -0.39 is 37.5 Å². The predicted molar refractivity (Wildman–Crippen MR) is 169 cm³/mol. The number of hydrogen-bond donors (Lipinski definition) is 1. The summed E-state index contributed by atoms with van der Waals surface area (Å²) in [5.41, 5.74) is 2.49. The summed E-state index contributed by atoms with van der Waals surface area (Å²) in [4.78, 5) is 26.4. The van der Waals surface area contributed by atoms with Crippen LogP contribution in [-0.2, 0) is 41.5 Å². The van der Waals surface area contributed by atoms with Gasteiger partial charge in [0, 0.05) is 24.0 Å². The van der Waals surface area contributed by atoms with Crippen molar-refractivity contribution in [3.05, 3.63) is 77.3 Å². The van der Waals surface area contributed by atoms with Crippen LogP contribution in [0.5, 0.6) is 5.75 Å². The number of nitrogens with one attached hydrogen (secondary N) is 1. The summed E-state index contributed by atoms with van der Waals surface area (Å²) in [6, 6.07) is 14.4. The number of halogens is 1. The van der Waals surface area contributed by atoms with Crippen molar-refractivity contribution in [2.24, 2.45) is 0 Å². The second-order valence-electron chi connectivity index (χ2n) is 10.8. The summed E-state index contributed by atoms with van der Waals surface area (Å²) in [5.74, 6) is 0.341. The molecule has 0 saturated carbocycles. The third kappa shape index (κ3) is 6.36. The lowest BCUT2D eigenvalue weighted by Crippen LogP contribution is -2.43. The zero-order valence-electron chi connectivity index (χ0n) is 24.3. The van der Waals surface area contributed by atoms with E-state index in [1.54, 1.807) is 47.3 Å². The van der Waals surface area contributed by atoms with Gasteiger partial charge in [0.2, 0.25) is 0 Å². The second-order valence-corrected chi connectivity index (χ2v) is 14.1. The molecule has 3 aliphatic rings. The largest absolute Gasteiger partial charge is 0.423 e.